The number of aromatic nitrogens is 1. The average molecular weight is 332 g/mol. The maximum atomic E-state index is 11.7. The summed E-state index contributed by atoms with van der Waals surface area (Å²) >= 11 is 2.37. The standard InChI is InChI=1S/C12H17IN2O/c1-10-9-11(5-8-14-10)12(16)15-7-4-2-3-6-13/h5,8-9H,2-4,6-7H2,1H3,(H,15,16). The largest absolute Gasteiger partial charge is 0.352 e. The molecule has 16 heavy (non-hydrogen) atoms. The molecule has 0 aromatic carbocycles. The van der Waals surface area contributed by atoms with Gasteiger partial charge in [-0.25, -0.2) is 0 Å². The van der Waals surface area contributed by atoms with E-state index in [-0.39, 0.29) is 5.91 Å². The first kappa shape index (κ1) is 13.4. The number of hydrogen-bond acceptors (Lipinski definition) is 2. The lowest BCUT2D eigenvalue weighted by Crippen LogP contribution is -2.24. The lowest BCUT2D eigenvalue weighted by atomic mass is 10.2. The van der Waals surface area contributed by atoms with Crippen LogP contribution in [0.5, 0.6) is 0 Å². The number of alkyl halides is 1. The van der Waals surface area contributed by atoms with Crippen molar-refractivity contribution in [1.29, 1.82) is 0 Å². The highest BCUT2D eigenvalue weighted by molar-refractivity contribution is 14.1. The third-order valence-corrected chi connectivity index (χ3v) is 3.02. The zero-order chi connectivity index (χ0) is 11.8. The van der Waals surface area contributed by atoms with Crippen LogP contribution >= 0.6 is 22.6 Å². The molecule has 0 radical (unpaired) electrons. The van der Waals surface area contributed by atoms with E-state index in [1.165, 1.54) is 17.3 Å². The molecule has 0 aliphatic rings. The van der Waals surface area contributed by atoms with Gasteiger partial charge in [-0.1, -0.05) is 29.0 Å². The molecule has 1 rings (SSSR count). The first-order valence-corrected chi connectivity index (χ1v) is 7.03. The zero-order valence-electron chi connectivity index (χ0n) is 9.50. The second-order valence-corrected chi connectivity index (χ2v) is 4.77. The fourth-order valence-electron chi connectivity index (χ4n) is 1.39. The number of aryl methyl sites for hydroxylation is 1. The number of rotatable bonds is 6. The topological polar surface area (TPSA) is 42.0 Å². The van der Waals surface area contributed by atoms with Gasteiger partial charge in [0.1, 0.15) is 0 Å². The molecule has 1 heterocycles. The van der Waals surface area contributed by atoms with Crippen LogP contribution in [-0.4, -0.2) is 21.9 Å². The third kappa shape index (κ3) is 4.92. The molecule has 1 aromatic rings. The van der Waals surface area contributed by atoms with Gasteiger partial charge in [0.2, 0.25) is 0 Å². The van der Waals surface area contributed by atoms with Gasteiger partial charge < -0.3 is 5.32 Å². The molecule has 0 fully saturated rings. The molecule has 0 aliphatic heterocycles. The maximum absolute atomic E-state index is 11.7. The number of pyridine rings is 1. The molecular weight excluding hydrogens is 315 g/mol. The highest BCUT2D eigenvalue weighted by Crippen LogP contribution is 2.01. The molecule has 0 saturated carbocycles. The van der Waals surface area contributed by atoms with E-state index in [1.807, 2.05) is 6.92 Å². The molecule has 4 heteroatoms. The van der Waals surface area contributed by atoms with Crippen molar-refractivity contribution in [3.05, 3.63) is 29.6 Å². The van der Waals surface area contributed by atoms with Crippen LogP contribution in [0, 0.1) is 6.92 Å². The third-order valence-electron chi connectivity index (χ3n) is 2.25. The Bertz CT molecular complexity index is 342. The number of nitrogens with zero attached hydrogens (tertiary/aromatic N) is 1. The summed E-state index contributed by atoms with van der Waals surface area (Å²) in [5, 5.41) is 2.92. The highest BCUT2D eigenvalue weighted by Gasteiger charge is 2.04. The van der Waals surface area contributed by atoms with E-state index in [0.29, 0.717) is 5.56 Å². The molecule has 0 atom stereocenters. The number of amides is 1. The number of unbranched alkanes of at least 4 members (excludes halogenated alkanes) is 2. The minimum Gasteiger partial charge on any atom is -0.352 e. The van der Waals surface area contributed by atoms with Crippen LogP contribution in [0.1, 0.15) is 35.3 Å². The Morgan fingerprint density at radius 3 is 2.94 bits per heavy atom. The maximum Gasteiger partial charge on any atom is 0.251 e. The molecule has 1 amide bonds. The summed E-state index contributed by atoms with van der Waals surface area (Å²) < 4.78 is 1.19. The smallest absolute Gasteiger partial charge is 0.251 e. The van der Waals surface area contributed by atoms with Crippen molar-refractivity contribution in [1.82, 2.24) is 10.3 Å². The van der Waals surface area contributed by atoms with Gasteiger partial charge in [-0.3, -0.25) is 9.78 Å². The van der Waals surface area contributed by atoms with Crippen molar-refractivity contribution in [3.8, 4) is 0 Å². The van der Waals surface area contributed by atoms with Gasteiger partial charge in [-0.2, -0.15) is 0 Å². The molecule has 88 valence electrons. The summed E-state index contributed by atoms with van der Waals surface area (Å²) in [4.78, 5) is 15.8. The number of carbonyl (C=O) groups excluding carboxylic acids is 1. The monoisotopic (exact) mass is 332 g/mol. The first-order chi connectivity index (χ1) is 7.74. The number of halogens is 1. The van der Waals surface area contributed by atoms with Crippen LogP contribution in [0.2, 0.25) is 0 Å². The molecule has 0 aliphatic carbocycles. The van der Waals surface area contributed by atoms with Gasteiger partial charge in [0.05, 0.1) is 0 Å². The van der Waals surface area contributed by atoms with E-state index < -0.39 is 0 Å². The Kier molecular flexibility index (Phi) is 6.37. The molecule has 1 N–H and O–H groups in total. The van der Waals surface area contributed by atoms with Crippen molar-refractivity contribution in [2.24, 2.45) is 0 Å². The predicted molar refractivity (Wildman–Crippen MR) is 74.0 cm³/mol. The molecule has 1 aromatic heterocycles. The van der Waals surface area contributed by atoms with Gasteiger partial charge in [0.15, 0.2) is 0 Å². The molecule has 0 saturated heterocycles. The van der Waals surface area contributed by atoms with E-state index in [2.05, 4.69) is 32.9 Å². The summed E-state index contributed by atoms with van der Waals surface area (Å²) in [6.45, 7) is 2.65. The lowest BCUT2D eigenvalue weighted by molar-refractivity contribution is 0.0953. The van der Waals surface area contributed by atoms with E-state index in [4.69, 9.17) is 0 Å². The molecular formula is C12H17IN2O. The van der Waals surface area contributed by atoms with E-state index in [0.717, 1.165) is 18.7 Å². The van der Waals surface area contributed by atoms with Crippen molar-refractivity contribution >= 4 is 28.5 Å². The van der Waals surface area contributed by atoms with Crippen molar-refractivity contribution in [2.45, 2.75) is 26.2 Å². The summed E-state index contributed by atoms with van der Waals surface area (Å²) in [6, 6.07) is 3.55. The van der Waals surface area contributed by atoms with Crippen molar-refractivity contribution in [2.75, 3.05) is 11.0 Å². The quantitative estimate of drug-likeness (QED) is 0.494. The number of nitrogens with one attached hydrogen (secondary N) is 1. The van der Waals surface area contributed by atoms with Crippen molar-refractivity contribution < 1.29 is 4.79 Å². The van der Waals surface area contributed by atoms with Crippen LogP contribution in [0.15, 0.2) is 18.3 Å². The molecule has 0 bridgehead atoms. The van der Waals surface area contributed by atoms with Crippen molar-refractivity contribution in [3.63, 3.8) is 0 Å². The van der Waals surface area contributed by atoms with Gasteiger partial charge >= 0.3 is 0 Å². The zero-order valence-corrected chi connectivity index (χ0v) is 11.7. The van der Waals surface area contributed by atoms with Crippen LogP contribution in [0.25, 0.3) is 0 Å². The fourth-order valence-corrected chi connectivity index (χ4v) is 1.93. The normalized spacial score (nSPS) is 10.1. The van der Waals surface area contributed by atoms with Gasteiger partial charge in [0, 0.05) is 24.0 Å². The predicted octanol–water partition coefficient (Wildman–Crippen LogP) is 2.73. The Balaban J connectivity index is 2.30. The minimum absolute atomic E-state index is 0.0000246. The second-order valence-electron chi connectivity index (χ2n) is 3.69. The SMILES string of the molecule is Cc1cc(C(=O)NCCCCCI)ccn1. The summed E-state index contributed by atoms with van der Waals surface area (Å²) in [6.07, 6.45) is 5.13. The molecule has 0 unspecified atom stereocenters. The second kappa shape index (κ2) is 7.60. The van der Waals surface area contributed by atoms with Gasteiger partial charge in [-0.15, -0.1) is 0 Å². The Morgan fingerprint density at radius 1 is 1.44 bits per heavy atom. The summed E-state index contributed by atoms with van der Waals surface area (Å²) in [7, 11) is 0. The lowest BCUT2D eigenvalue weighted by Gasteiger charge is -2.05. The number of carbonyl (C=O) groups is 1. The van der Waals surface area contributed by atoms with Gasteiger partial charge in [-0.05, 0) is 36.3 Å². The Morgan fingerprint density at radius 2 is 2.25 bits per heavy atom. The minimum atomic E-state index is -0.0000246. The summed E-state index contributed by atoms with van der Waals surface area (Å²) in [5.74, 6) is -0.0000246. The summed E-state index contributed by atoms with van der Waals surface area (Å²) in [5.41, 5.74) is 1.57. The van der Waals surface area contributed by atoms with E-state index in [1.54, 1.807) is 18.3 Å². The van der Waals surface area contributed by atoms with Crippen LogP contribution < -0.4 is 5.32 Å². The van der Waals surface area contributed by atoms with E-state index in [9.17, 15) is 4.79 Å². The van der Waals surface area contributed by atoms with Crippen LogP contribution in [0.4, 0.5) is 0 Å². The highest BCUT2D eigenvalue weighted by atomic mass is 127. The van der Waals surface area contributed by atoms with Gasteiger partial charge in [0.25, 0.3) is 5.91 Å². The van der Waals surface area contributed by atoms with E-state index >= 15 is 0 Å². The average Bonchev–Trinajstić information content (AvgIpc) is 2.28. The molecule has 3 nitrogen and oxygen atoms in total. The van der Waals surface area contributed by atoms with Crippen LogP contribution in [0.3, 0.4) is 0 Å². The number of hydrogen-bond donors (Lipinski definition) is 1. The fraction of sp³-hybridized carbons (Fsp3) is 0.500. The molecule has 0 spiro atoms. The Hall–Kier alpha value is -0.650. The first-order valence-electron chi connectivity index (χ1n) is 5.51. The Labute approximate surface area is 110 Å². The van der Waals surface area contributed by atoms with Crippen LogP contribution in [-0.2, 0) is 0 Å².